The fourth-order valence-corrected chi connectivity index (χ4v) is 6.08. The number of rotatable bonds is 3. The quantitative estimate of drug-likeness (QED) is 0.272. The van der Waals surface area contributed by atoms with Crippen molar-refractivity contribution in [3.63, 3.8) is 0 Å². The van der Waals surface area contributed by atoms with E-state index in [1.807, 2.05) is 0 Å². The molecular formula is C32H23BN4. The van der Waals surface area contributed by atoms with Crippen molar-refractivity contribution in [2.24, 2.45) is 0 Å². The van der Waals surface area contributed by atoms with Crippen molar-refractivity contribution in [2.45, 2.75) is 0 Å². The molecule has 0 saturated carbocycles. The first-order valence-corrected chi connectivity index (χ1v) is 12.7. The van der Waals surface area contributed by atoms with Gasteiger partial charge in [-0.1, -0.05) is 60.7 Å². The highest BCUT2D eigenvalue weighted by atomic mass is 15.3. The van der Waals surface area contributed by atoms with E-state index in [2.05, 4.69) is 159 Å². The lowest BCUT2D eigenvalue weighted by molar-refractivity contribution is 1.07. The van der Waals surface area contributed by atoms with Crippen molar-refractivity contribution in [3.8, 4) is 5.69 Å². The Kier molecular flexibility index (Phi) is 4.28. The van der Waals surface area contributed by atoms with Gasteiger partial charge in [-0.15, -0.1) is 0 Å². The fourth-order valence-electron chi connectivity index (χ4n) is 6.08. The molecule has 8 rings (SSSR count). The second-order valence-corrected chi connectivity index (χ2v) is 9.52. The van der Waals surface area contributed by atoms with Crippen molar-refractivity contribution in [2.75, 3.05) is 9.80 Å². The van der Waals surface area contributed by atoms with Crippen molar-refractivity contribution in [1.82, 2.24) is 9.05 Å². The molecule has 0 spiro atoms. The maximum Gasteiger partial charge on any atom is 0.353 e. The lowest BCUT2D eigenvalue weighted by atomic mass is 9.48. The molecule has 2 aliphatic heterocycles. The normalized spacial score (nSPS) is 13.2. The third kappa shape index (κ3) is 2.85. The highest BCUT2D eigenvalue weighted by molar-refractivity contribution is 6.88. The van der Waals surface area contributed by atoms with E-state index in [4.69, 9.17) is 0 Å². The van der Waals surface area contributed by atoms with Gasteiger partial charge in [0.2, 0.25) is 0 Å². The molecule has 2 aliphatic rings. The Hall–Kier alpha value is -4.90. The summed E-state index contributed by atoms with van der Waals surface area (Å²) >= 11 is 0. The molecule has 4 aromatic carbocycles. The molecule has 5 heteroatoms. The number of para-hydroxylation sites is 3. The lowest BCUT2D eigenvalue weighted by Crippen LogP contribution is -2.59. The largest absolute Gasteiger partial charge is 0.368 e. The van der Waals surface area contributed by atoms with Crippen LogP contribution in [0.15, 0.2) is 140 Å². The van der Waals surface area contributed by atoms with Gasteiger partial charge in [0, 0.05) is 40.2 Å². The molecule has 174 valence electrons. The van der Waals surface area contributed by atoms with Gasteiger partial charge in [0.1, 0.15) is 5.82 Å². The topological polar surface area (TPSA) is 16.3 Å². The van der Waals surface area contributed by atoms with Crippen LogP contribution in [-0.4, -0.2) is 15.9 Å². The molecule has 0 radical (unpaired) electrons. The molecule has 6 aromatic rings. The first-order valence-electron chi connectivity index (χ1n) is 12.7. The molecule has 0 unspecified atom stereocenters. The van der Waals surface area contributed by atoms with Crippen LogP contribution in [0.4, 0.5) is 34.3 Å². The third-order valence-corrected chi connectivity index (χ3v) is 7.55. The molecule has 0 saturated heterocycles. The summed E-state index contributed by atoms with van der Waals surface area (Å²) in [4.78, 5) is 4.81. The van der Waals surface area contributed by atoms with Crippen LogP contribution in [0, 0.1) is 0 Å². The Bertz CT molecular complexity index is 1720. The molecule has 0 fully saturated rings. The maximum atomic E-state index is 2.43. The summed E-state index contributed by atoms with van der Waals surface area (Å²) in [6.07, 6.45) is 4.44. The molecule has 4 heterocycles. The van der Waals surface area contributed by atoms with E-state index in [9.17, 15) is 0 Å². The molecule has 0 atom stereocenters. The van der Waals surface area contributed by atoms with Crippen molar-refractivity contribution >= 4 is 52.2 Å². The van der Waals surface area contributed by atoms with Crippen LogP contribution < -0.4 is 20.9 Å². The molecule has 0 amide bonds. The van der Waals surface area contributed by atoms with E-state index in [-0.39, 0.29) is 6.85 Å². The number of hydrogen-bond donors (Lipinski definition) is 0. The average Bonchev–Trinajstić information content (AvgIpc) is 3.62. The lowest BCUT2D eigenvalue weighted by Gasteiger charge is -2.43. The standard InChI is InChI=1S/C32H23BN4/c1-4-12-24(13-5-1)34-23-21-29-32(34)33-31-27(36(29)25-14-6-2-7-15-25)18-10-19-28(31)37(26-16-8-3-9-17-26)30-20-11-22-35(30)33/h1-23H. The highest BCUT2D eigenvalue weighted by Crippen LogP contribution is 2.44. The monoisotopic (exact) mass is 474 g/mol. The van der Waals surface area contributed by atoms with Crippen molar-refractivity contribution in [1.29, 1.82) is 0 Å². The number of benzene rings is 4. The Labute approximate surface area is 216 Å². The second-order valence-electron chi connectivity index (χ2n) is 9.52. The Balaban J connectivity index is 1.47. The molecule has 0 bridgehead atoms. The van der Waals surface area contributed by atoms with Crippen LogP contribution in [0.3, 0.4) is 0 Å². The Morgan fingerprint density at radius 3 is 1.70 bits per heavy atom. The summed E-state index contributed by atoms with van der Waals surface area (Å²) in [6, 6.07) is 45.4. The highest BCUT2D eigenvalue weighted by Gasteiger charge is 2.45. The molecule has 0 aliphatic carbocycles. The summed E-state index contributed by atoms with van der Waals surface area (Å²) in [5.74, 6) is 1.17. The maximum absolute atomic E-state index is 2.43. The van der Waals surface area contributed by atoms with Crippen LogP contribution in [0.5, 0.6) is 0 Å². The summed E-state index contributed by atoms with van der Waals surface area (Å²) in [5.41, 5.74) is 9.69. The Morgan fingerprint density at radius 2 is 1.03 bits per heavy atom. The minimum atomic E-state index is 0.0429. The second kappa shape index (κ2) is 7.80. The van der Waals surface area contributed by atoms with E-state index < -0.39 is 0 Å². The summed E-state index contributed by atoms with van der Waals surface area (Å²) < 4.78 is 4.79. The predicted octanol–water partition coefficient (Wildman–Crippen LogP) is 6.50. The van der Waals surface area contributed by atoms with Crippen molar-refractivity contribution < 1.29 is 0 Å². The molecule has 2 aromatic heterocycles. The number of anilines is 6. The fraction of sp³-hybridized carbons (Fsp3) is 0. The Morgan fingerprint density at radius 1 is 0.432 bits per heavy atom. The van der Waals surface area contributed by atoms with Crippen LogP contribution in [0.2, 0.25) is 0 Å². The molecule has 4 nitrogen and oxygen atoms in total. The van der Waals surface area contributed by atoms with Gasteiger partial charge in [-0.3, -0.25) is 4.90 Å². The van der Waals surface area contributed by atoms with E-state index >= 15 is 0 Å². The van der Waals surface area contributed by atoms with Crippen LogP contribution in [0.25, 0.3) is 5.69 Å². The summed E-state index contributed by atoms with van der Waals surface area (Å²) in [5, 5.41) is 0. The zero-order chi connectivity index (χ0) is 24.3. The summed E-state index contributed by atoms with van der Waals surface area (Å²) in [6.45, 7) is 0.0429. The molecular weight excluding hydrogens is 451 g/mol. The molecule has 37 heavy (non-hydrogen) atoms. The van der Waals surface area contributed by atoms with Gasteiger partial charge in [-0.25, -0.2) is 0 Å². The third-order valence-electron chi connectivity index (χ3n) is 7.55. The van der Waals surface area contributed by atoms with Gasteiger partial charge < -0.3 is 13.9 Å². The SMILES string of the molecule is c1ccc(N2c3cccc4c3B(c3c2ccn3-c2ccccc2)n2cccc2N4c2ccccc2)cc1. The van der Waals surface area contributed by atoms with Gasteiger partial charge >= 0.3 is 6.85 Å². The van der Waals surface area contributed by atoms with E-state index in [0.717, 1.165) is 17.1 Å². The van der Waals surface area contributed by atoms with Crippen LogP contribution in [0.1, 0.15) is 0 Å². The number of hydrogen-bond acceptors (Lipinski definition) is 2. The number of nitrogens with zero attached hydrogens (tertiary/aromatic N) is 4. The number of aromatic nitrogens is 2. The van der Waals surface area contributed by atoms with Crippen molar-refractivity contribution in [3.05, 3.63) is 140 Å². The number of fused-ring (bicyclic) bond motifs is 4. The minimum absolute atomic E-state index is 0.0429. The van der Waals surface area contributed by atoms with Crippen LogP contribution in [-0.2, 0) is 0 Å². The van der Waals surface area contributed by atoms with Gasteiger partial charge in [-0.2, -0.15) is 0 Å². The smallest absolute Gasteiger partial charge is 0.353 e. The first-order chi connectivity index (χ1) is 18.4. The van der Waals surface area contributed by atoms with E-state index in [1.165, 1.54) is 33.9 Å². The summed E-state index contributed by atoms with van der Waals surface area (Å²) in [7, 11) is 0. The van der Waals surface area contributed by atoms with Gasteiger partial charge in [0.05, 0.1) is 5.69 Å². The van der Waals surface area contributed by atoms with Gasteiger partial charge in [0.25, 0.3) is 0 Å². The van der Waals surface area contributed by atoms with E-state index in [1.54, 1.807) is 0 Å². The first kappa shape index (κ1) is 20.3. The zero-order valence-electron chi connectivity index (χ0n) is 20.1. The minimum Gasteiger partial charge on any atom is -0.368 e. The molecule has 0 N–H and O–H groups in total. The average molecular weight is 474 g/mol. The zero-order valence-corrected chi connectivity index (χ0v) is 20.1. The van der Waals surface area contributed by atoms with Crippen LogP contribution >= 0.6 is 0 Å². The predicted molar refractivity (Wildman–Crippen MR) is 154 cm³/mol. The van der Waals surface area contributed by atoms with Gasteiger partial charge in [0.15, 0.2) is 0 Å². The van der Waals surface area contributed by atoms with Gasteiger partial charge in [-0.05, 0) is 78.4 Å². The van der Waals surface area contributed by atoms with E-state index in [0.29, 0.717) is 0 Å².